The molecule has 0 aliphatic carbocycles. The third-order valence-corrected chi connectivity index (χ3v) is 3.13. The summed E-state index contributed by atoms with van der Waals surface area (Å²) in [6.45, 7) is 0.0188. The number of ether oxygens (including phenoxy) is 3. The van der Waals surface area contributed by atoms with Crippen LogP contribution in [0.1, 0.15) is 10.4 Å². The van der Waals surface area contributed by atoms with Crippen LogP contribution in [0.15, 0.2) is 42.5 Å². The second-order valence-corrected chi connectivity index (χ2v) is 4.69. The highest BCUT2D eigenvalue weighted by Crippen LogP contribution is 2.30. The number of para-hydroxylation sites is 2. The van der Waals surface area contributed by atoms with E-state index in [2.05, 4.69) is 0 Å². The molecule has 0 aromatic heterocycles. The smallest absolute Gasteiger partial charge is 0.344 e. The Kier molecular flexibility index (Phi) is 3.91. The summed E-state index contributed by atoms with van der Waals surface area (Å²) in [5, 5.41) is 0. The Hall–Kier alpha value is -2.63. The first kappa shape index (κ1) is 14.3. The van der Waals surface area contributed by atoms with E-state index in [-0.39, 0.29) is 13.2 Å². The van der Waals surface area contributed by atoms with Crippen molar-refractivity contribution in [3.8, 4) is 11.5 Å². The molecule has 2 aromatic carbocycles. The van der Waals surface area contributed by atoms with Crippen LogP contribution in [0, 0.1) is 11.6 Å². The molecule has 1 heterocycles. The minimum absolute atomic E-state index is 0.166. The molecule has 1 atom stereocenters. The van der Waals surface area contributed by atoms with Gasteiger partial charge < -0.3 is 14.2 Å². The van der Waals surface area contributed by atoms with Gasteiger partial charge in [-0.2, -0.15) is 0 Å². The first-order valence-electron chi connectivity index (χ1n) is 6.65. The Labute approximate surface area is 125 Å². The van der Waals surface area contributed by atoms with Gasteiger partial charge in [0.05, 0.1) is 0 Å². The zero-order valence-corrected chi connectivity index (χ0v) is 11.4. The van der Waals surface area contributed by atoms with Crippen molar-refractivity contribution in [3.63, 3.8) is 0 Å². The lowest BCUT2D eigenvalue weighted by Gasteiger charge is -2.26. The molecule has 0 radical (unpaired) electrons. The Balaban J connectivity index is 1.63. The molecule has 22 heavy (non-hydrogen) atoms. The van der Waals surface area contributed by atoms with E-state index >= 15 is 0 Å². The van der Waals surface area contributed by atoms with Gasteiger partial charge in [-0.25, -0.2) is 13.6 Å². The zero-order valence-electron chi connectivity index (χ0n) is 11.4. The SMILES string of the molecule is O=C(OC[C@@H]1COc2ccccc2O1)c1c(F)cccc1F. The molecular formula is C16H12F2O4. The average Bonchev–Trinajstić information content (AvgIpc) is 2.52. The maximum Gasteiger partial charge on any atom is 0.344 e. The summed E-state index contributed by atoms with van der Waals surface area (Å²) in [7, 11) is 0. The number of carbonyl (C=O) groups excluding carboxylic acids is 1. The quantitative estimate of drug-likeness (QED) is 0.818. The van der Waals surface area contributed by atoms with E-state index in [1.807, 2.05) is 6.07 Å². The van der Waals surface area contributed by atoms with Gasteiger partial charge >= 0.3 is 5.97 Å². The summed E-state index contributed by atoms with van der Waals surface area (Å²) in [5.41, 5.74) is -0.709. The van der Waals surface area contributed by atoms with E-state index in [0.717, 1.165) is 12.1 Å². The highest BCUT2D eigenvalue weighted by atomic mass is 19.1. The zero-order chi connectivity index (χ0) is 15.5. The van der Waals surface area contributed by atoms with Gasteiger partial charge in [-0.05, 0) is 24.3 Å². The average molecular weight is 306 g/mol. The van der Waals surface area contributed by atoms with Crippen LogP contribution in [0.5, 0.6) is 11.5 Å². The van der Waals surface area contributed by atoms with Gasteiger partial charge in [0.1, 0.15) is 30.4 Å². The lowest BCUT2D eigenvalue weighted by molar-refractivity contribution is 0.0103. The van der Waals surface area contributed by atoms with Gasteiger partial charge in [-0.15, -0.1) is 0 Å². The number of rotatable bonds is 3. The van der Waals surface area contributed by atoms with Crippen molar-refractivity contribution in [2.24, 2.45) is 0 Å². The lowest BCUT2D eigenvalue weighted by Crippen LogP contribution is -2.34. The molecule has 0 saturated carbocycles. The van der Waals surface area contributed by atoms with Gasteiger partial charge in [-0.1, -0.05) is 18.2 Å². The highest BCUT2D eigenvalue weighted by Gasteiger charge is 2.24. The van der Waals surface area contributed by atoms with E-state index in [9.17, 15) is 13.6 Å². The Morgan fingerprint density at radius 2 is 1.77 bits per heavy atom. The molecule has 6 heteroatoms. The molecule has 1 aliphatic rings. The van der Waals surface area contributed by atoms with Crippen LogP contribution in [0.4, 0.5) is 8.78 Å². The number of carbonyl (C=O) groups is 1. The van der Waals surface area contributed by atoms with E-state index in [1.165, 1.54) is 6.07 Å². The fourth-order valence-electron chi connectivity index (χ4n) is 2.08. The number of benzene rings is 2. The Morgan fingerprint density at radius 1 is 1.09 bits per heavy atom. The summed E-state index contributed by atoms with van der Waals surface area (Å²) >= 11 is 0. The van der Waals surface area contributed by atoms with E-state index in [4.69, 9.17) is 14.2 Å². The molecular weight excluding hydrogens is 294 g/mol. The summed E-state index contributed by atoms with van der Waals surface area (Å²) < 4.78 is 42.9. The molecule has 0 saturated heterocycles. The van der Waals surface area contributed by atoms with Gasteiger partial charge in [0, 0.05) is 0 Å². The van der Waals surface area contributed by atoms with Crippen LogP contribution >= 0.6 is 0 Å². The third kappa shape index (κ3) is 2.86. The lowest BCUT2D eigenvalue weighted by atomic mass is 10.2. The molecule has 0 bridgehead atoms. The molecule has 0 fully saturated rings. The van der Waals surface area contributed by atoms with Crippen LogP contribution in [0.2, 0.25) is 0 Å². The fourth-order valence-corrected chi connectivity index (χ4v) is 2.08. The molecule has 3 rings (SSSR count). The highest BCUT2D eigenvalue weighted by molar-refractivity contribution is 5.90. The number of hydrogen-bond donors (Lipinski definition) is 0. The van der Waals surface area contributed by atoms with Crippen LogP contribution in [0.3, 0.4) is 0 Å². The number of halogens is 2. The molecule has 0 amide bonds. The number of hydrogen-bond acceptors (Lipinski definition) is 4. The Bertz CT molecular complexity index is 682. The second-order valence-electron chi connectivity index (χ2n) is 4.69. The normalized spacial score (nSPS) is 16.2. The largest absolute Gasteiger partial charge is 0.486 e. The van der Waals surface area contributed by atoms with Crippen molar-refractivity contribution in [2.45, 2.75) is 6.10 Å². The van der Waals surface area contributed by atoms with Crippen molar-refractivity contribution in [3.05, 3.63) is 59.7 Å². The van der Waals surface area contributed by atoms with Crippen molar-refractivity contribution in [1.82, 2.24) is 0 Å². The van der Waals surface area contributed by atoms with Gasteiger partial charge in [0.25, 0.3) is 0 Å². The monoisotopic (exact) mass is 306 g/mol. The summed E-state index contributed by atoms with van der Waals surface area (Å²) in [5.74, 6) is -1.86. The molecule has 1 aliphatic heterocycles. The van der Waals surface area contributed by atoms with Gasteiger partial charge in [-0.3, -0.25) is 0 Å². The third-order valence-electron chi connectivity index (χ3n) is 3.13. The summed E-state index contributed by atoms with van der Waals surface area (Å²) in [6, 6.07) is 10.2. The fraction of sp³-hybridized carbons (Fsp3) is 0.188. The molecule has 4 nitrogen and oxygen atoms in total. The van der Waals surface area contributed by atoms with Crippen molar-refractivity contribution in [1.29, 1.82) is 0 Å². The van der Waals surface area contributed by atoms with E-state index in [1.54, 1.807) is 18.2 Å². The number of esters is 1. The first-order chi connectivity index (χ1) is 10.6. The van der Waals surface area contributed by atoms with Crippen molar-refractivity contribution in [2.75, 3.05) is 13.2 Å². The predicted octanol–water partition coefficient (Wildman–Crippen LogP) is 2.96. The van der Waals surface area contributed by atoms with Crippen LogP contribution in [-0.4, -0.2) is 25.3 Å². The molecule has 0 unspecified atom stereocenters. The standard InChI is InChI=1S/C16H12F2O4/c17-11-4-3-5-12(18)15(11)16(19)21-9-10-8-20-13-6-1-2-7-14(13)22-10/h1-7,10H,8-9H2/t10-/m0/s1. The van der Waals surface area contributed by atoms with Crippen LogP contribution < -0.4 is 9.47 Å². The second kappa shape index (κ2) is 6.01. The maximum absolute atomic E-state index is 13.5. The first-order valence-corrected chi connectivity index (χ1v) is 6.65. The minimum Gasteiger partial charge on any atom is -0.486 e. The molecule has 0 spiro atoms. The molecule has 114 valence electrons. The maximum atomic E-state index is 13.5. The molecule has 2 aromatic rings. The van der Waals surface area contributed by atoms with Crippen LogP contribution in [-0.2, 0) is 4.74 Å². The summed E-state index contributed by atoms with van der Waals surface area (Å²) in [4.78, 5) is 11.8. The van der Waals surface area contributed by atoms with Crippen molar-refractivity contribution >= 4 is 5.97 Å². The van der Waals surface area contributed by atoms with Crippen molar-refractivity contribution < 1.29 is 27.8 Å². The van der Waals surface area contributed by atoms with Crippen LogP contribution in [0.25, 0.3) is 0 Å². The van der Waals surface area contributed by atoms with E-state index < -0.39 is 29.3 Å². The summed E-state index contributed by atoms with van der Waals surface area (Å²) in [6.07, 6.45) is -0.534. The minimum atomic E-state index is -1.07. The predicted molar refractivity (Wildman–Crippen MR) is 73.0 cm³/mol. The van der Waals surface area contributed by atoms with Gasteiger partial charge in [0.15, 0.2) is 17.6 Å². The Morgan fingerprint density at radius 3 is 2.50 bits per heavy atom. The molecule has 0 N–H and O–H groups in total. The van der Waals surface area contributed by atoms with E-state index in [0.29, 0.717) is 11.5 Å². The topological polar surface area (TPSA) is 44.8 Å². The van der Waals surface area contributed by atoms with Gasteiger partial charge in [0.2, 0.25) is 0 Å². The number of fused-ring (bicyclic) bond motifs is 1.